The number of hydrogen-bond acceptors (Lipinski definition) is 6. The fourth-order valence-corrected chi connectivity index (χ4v) is 6.62. The molecule has 1 saturated carbocycles. The maximum absolute atomic E-state index is 12.3. The second-order valence-corrected chi connectivity index (χ2v) is 12.4. The summed E-state index contributed by atoms with van der Waals surface area (Å²) in [4.78, 5) is 13.9. The number of aryl methyl sites for hydroxylation is 2. The van der Waals surface area contributed by atoms with Crippen LogP contribution in [0, 0.1) is 17.3 Å². The lowest BCUT2D eigenvalue weighted by molar-refractivity contribution is -0.00596. The lowest BCUT2D eigenvalue weighted by Crippen LogP contribution is -2.32. The number of thiophene rings is 1. The zero-order chi connectivity index (χ0) is 25.6. The minimum absolute atomic E-state index is 0.0457. The van der Waals surface area contributed by atoms with E-state index < -0.39 is 17.5 Å². The highest BCUT2D eigenvalue weighted by molar-refractivity contribution is 7.13. The Hall–Kier alpha value is -0.860. The fraction of sp³-hybridized carbons (Fsp3) is 0.577. The molecular weight excluding hydrogens is 531 g/mol. The largest absolute Gasteiger partial charge is 0.461 e. The Bertz CT molecular complexity index is 957. The summed E-state index contributed by atoms with van der Waals surface area (Å²) in [6.45, 7) is 1.08. The van der Waals surface area contributed by atoms with E-state index in [0.717, 1.165) is 42.5 Å². The summed E-state index contributed by atoms with van der Waals surface area (Å²) < 4.78 is 5.28. The van der Waals surface area contributed by atoms with Gasteiger partial charge in [-0.2, -0.15) is 0 Å². The molecule has 9 heteroatoms. The van der Waals surface area contributed by atoms with Gasteiger partial charge in [-0.1, -0.05) is 30.1 Å². The molecule has 3 rings (SSSR count). The van der Waals surface area contributed by atoms with Crippen molar-refractivity contribution >= 4 is 52.1 Å². The summed E-state index contributed by atoms with van der Waals surface area (Å²) >= 11 is 20.3. The Morgan fingerprint density at radius 1 is 1.09 bits per heavy atom. The molecule has 5 nitrogen and oxygen atoms in total. The van der Waals surface area contributed by atoms with Gasteiger partial charge in [0.05, 0.1) is 19.3 Å². The van der Waals surface area contributed by atoms with Crippen LogP contribution >= 0.6 is 46.1 Å². The number of esters is 1. The Balaban J connectivity index is 1.50. The van der Waals surface area contributed by atoms with Crippen LogP contribution in [0.3, 0.4) is 0 Å². The third-order valence-corrected chi connectivity index (χ3v) is 8.87. The highest BCUT2D eigenvalue weighted by Crippen LogP contribution is 2.42. The Kier molecular flexibility index (Phi) is 10.7. The van der Waals surface area contributed by atoms with Gasteiger partial charge in [-0.3, -0.25) is 0 Å². The standard InChI is InChI=1S/C26H33Cl3O5S/c1-26(13-30,14-31)15-34-25(33)24-8-6-19(35-24)3-2-4-20-21(23(32)12-22(20)29)7-5-16-9-17(27)11-18(28)10-16/h6,8-11,20-23,30-32H,2-5,7,12-15H2,1H3/t20-,21-,22+,23-/m1/s1. The predicted octanol–water partition coefficient (Wildman–Crippen LogP) is 5.76. The van der Waals surface area contributed by atoms with Crippen LogP contribution in [-0.4, -0.2) is 52.6 Å². The zero-order valence-corrected chi connectivity index (χ0v) is 22.8. The van der Waals surface area contributed by atoms with Gasteiger partial charge in [0.1, 0.15) is 11.5 Å². The summed E-state index contributed by atoms with van der Waals surface area (Å²) in [7, 11) is 0. The topological polar surface area (TPSA) is 87.0 Å². The van der Waals surface area contributed by atoms with Crippen molar-refractivity contribution in [2.75, 3.05) is 19.8 Å². The summed E-state index contributed by atoms with van der Waals surface area (Å²) in [5.41, 5.74) is 0.206. The molecule has 1 aliphatic rings. The van der Waals surface area contributed by atoms with Gasteiger partial charge >= 0.3 is 5.97 Å². The van der Waals surface area contributed by atoms with Gasteiger partial charge in [-0.05, 0) is 86.3 Å². The normalized spacial score (nSPS) is 22.5. The Labute approximate surface area is 226 Å². The maximum Gasteiger partial charge on any atom is 0.348 e. The van der Waals surface area contributed by atoms with E-state index in [-0.39, 0.29) is 37.0 Å². The van der Waals surface area contributed by atoms with E-state index >= 15 is 0 Å². The first-order chi connectivity index (χ1) is 16.6. The van der Waals surface area contributed by atoms with E-state index in [9.17, 15) is 20.1 Å². The molecule has 0 amide bonds. The van der Waals surface area contributed by atoms with Crippen LogP contribution in [0.2, 0.25) is 10.0 Å². The predicted molar refractivity (Wildman–Crippen MR) is 142 cm³/mol. The average Bonchev–Trinajstić information content (AvgIpc) is 3.39. The van der Waals surface area contributed by atoms with Crippen molar-refractivity contribution in [2.45, 2.75) is 56.9 Å². The molecule has 0 aliphatic heterocycles. The van der Waals surface area contributed by atoms with E-state index in [4.69, 9.17) is 39.5 Å². The molecule has 1 aliphatic carbocycles. The van der Waals surface area contributed by atoms with E-state index in [1.165, 1.54) is 11.3 Å². The fourth-order valence-electron chi connectivity index (χ4n) is 4.61. The number of aliphatic hydroxyl groups is 3. The molecule has 4 atom stereocenters. The molecule has 0 bridgehead atoms. The number of benzene rings is 1. The van der Waals surface area contributed by atoms with Crippen LogP contribution in [0.5, 0.6) is 0 Å². The first-order valence-electron chi connectivity index (χ1n) is 11.9. The van der Waals surface area contributed by atoms with Crippen molar-refractivity contribution in [3.8, 4) is 0 Å². The number of alkyl halides is 1. The number of carbonyl (C=O) groups is 1. The SMILES string of the molecule is CC(CO)(CO)COC(=O)c1ccc(CCC[C@@H]2[C@@H](CCc3cc(Cl)cc(Cl)c3)[C@H](O)C[C@@H]2Cl)s1. The number of hydrogen-bond donors (Lipinski definition) is 3. The molecule has 0 unspecified atom stereocenters. The highest BCUT2D eigenvalue weighted by Gasteiger charge is 2.40. The molecule has 1 aromatic carbocycles. The van der Waals surface area contributed by atoms with Crippen LogP contribution in [0.4, 0.5) is 0 Å². The summed E-state index contributed by atoms with van der Waals surface area (Å²) in [5, 5.41) is 30.5. The van der Waals surface area contributed by atoms with E-state index in [1.54, 1.807) is 19.1 Å². The van der Waals surface area contributed by atoms with Gasteiger partial charge in [0, 0.05) is 25.7 Å². The van der Waals surface area contributed by atoms with Crippen molar-refractivity contribution < 1.29 is 24.9 Å². The van der Waals surface area contributed by atoms with Crippen LogP contribution in [-0.2, 0) is 17.6 Å². The van der Waals surface area contributed by atoms with Gasteiger partial charge in [-0.25, -0.2) is 4.79 Å². The van der Waals surface area contributed by atoms with Crippen molar-refractivity contribution in [3.05, 3.63) is 55.7 Å². The van der Waals surface area contributed by atoms with E-state index in [1.807, 2.05) is 18.2 Å². The van der Waals surface area contributed by atoms with Crippen LogP contribution in [0.1, 0.15) is 52.7 Å². The molecular formula is C26H33Cl3O5S. The third kappa shape index (κ3) is 8.06. The molecule has 1 aromatic heterocycles. The van der Waals surface area contributed by atoms with Crippen molar-refractivity contribution in [3.63, 3.8) is 0 Å². The van der Waals surface area contributed by atoms with Crippen LogP contribution in [0.15, 0.2) is 30.3 Å². The molecule has 3 N–H and O–H groups in total. The van der Waals surface area contributed by atoms with Gasteiger partial charge in [0.2, 0.25) is 0 Å². The van der Waals surface area contributed by atoms with Crippen LogP contribution in [0.25, 0.3) is 0 Å². The molecule has 0 saturated heterocycles. The van der Waals surface area contributed by atoms with Crippen molar-refractivity contribution in [2.24, 2.45) is 17.3 Å². The summed E-state index contributed by atoms with van der Waals surface area (Å²) in [6.07, 6.45) is 4.41. The minimum Gasteiger partial charge on any atom is -0.461 e. The minimum atomic E-state index is -0.852. The molecule has 194 valence electrons. The maximum atomic E-state index is 12.3. The van der Waals surface area contributed by atoms with Crippen molar-refractivity contribution in [1.82, 2.24) is 0 Å². The second kappa shape index (κ2) is 13.1. The summed E-state index contributed by atoms with van der Waals surface area (Å²) in [6, 6.07) is 9.22. The number of aliphatic hydroxyl groups excluding tert-OH is 3. The van der Waals surface area contributed by atoms with Gasteiger partial charge in [0.15, 0.2) is 0 Å². The van der Waals surface area contributed by atoms with Gasteiger partial charge < -0.3 is 20.1 Å². The Morgan fingerprint density at radius 2 is 1.77 bits per heavy atom. The Morgan fingerprint density at radius 3 is 2.43 bits per heavy atom. The number of halogens is 3. The molecule has 35 heavy (non-hydrogen) atoms. The molecule has 0 spiro atoms. The van der Waals surface area contributed by atoms with E-state index in [2.05, 4.69) is 0 Å². The molecule has 1 heterocycles. The monoisotopic (exact) mass is 562 g/mol. The lowest BCUT2D eigenvalue weighted by Gasteiger charge is -2.23. The number of carbonyl (C=O) groups excluding carboxylic acids is 1. The van der Waals surface area contributed by atoms with E-state index in [0.29, 0.717) is 21.3 Å². The number of rotatable bonds is 12. The zero-order valence-electron chi connectivity index (χ0n) is 19.8. The highest BCUT2D eigenvalue weighted by atomic mass is 35.5. The molecule has 0 radical (unpaired) electrons. The first kappa shape index (κ1) is 28.7. The average molecular weight is 564 g/mol. The second-order valence-electron chi connectivity index (χ2n) is 9.82. The molecule has 2 aromatic rings. The lowest BCUT2D eigenvalue weighted by atomic mass is 9.85. The third-order valence-electron chi connectivity index (χ3n) is 6.80. The molecule has 1 fully saturated rings. The van der Waals surface area contributed by atoms with Gasteiger partial charge in [0.25, 0.3) is 0 Å². The number of ether oxygens (including phenoxy) is 1. The smallest absolute Gasteiger partial charge is 0.348 e. The first-order valence-corrected chi connectivity index (χ1v) is 13.9. The van der Waals surface area contributed by atoms with Crippen LogP contribution < -0.4 is 0 Å². The quantitative estimate of drug-likeness (QED) is 0.226. The van der Waals surface area contributed by atoms with Gasteiger partial charge in [-0.15, -0.1) is 22.9 Å². The van der Waals surface area contributed by atoms with Crippen molar-refractivity contribution in [1.29, 1.82) is 0 Å². The summed E-state index contributed by atoms with van der Waals surface area (Å²) in [5.74, 6) is -0.104.